The number of rotatable bonds is 8. The molecular weight excluding hydrogens is 476 g/mol. The zero-order chi connectivity index (χ0) is 23.3. The fraction of sp³-hybridized carbons (Fsp3) is 0.238. The van der Waals surface area contributed by atoms with Crippen LogP contribution in [-0.2, 0) is 11.3 Å². The monoisotopic (exact) mass is 495 g/mol. The zero-order valence-electron chi connectivity index (χ0n) is 17.2. The molecule has 32 heavy (non-hydrogen) atoms. The standard InChI is InChI=1S/C21H20Cl2FN5O2S/c1-3-29-19(12(2)25-20(31)16-6-4-5-7-17(16)24)27-28-21(29)32-11-18(30)26-15-9-13(22)8-14(23)10-15/h4-10,12H,3,11H2,1-2H3,(H,25,31)(H,26,30)/t12-/m1/s1. The number of anilines is 1. The maximum absolute atomic E-state index is 13.9. The fourth-order valence-corrected chi connectivity index (χ4v) is 4.30. The van der Waals surface area contributed by atoms with Crippen molar-refractivity contribution in [3.63, 3.8) is 0 Å². The van der Waals surface area contributed by atoms with E-state index in [1.807, 2.05) is 6.92 Å². The maximum atomic E-state index is 13.9. The summed E-state index contributed by atoms with van der Waals surface area (Å²) in [6.45, 7) is 4.16. The van der Waals surface area contributed by atoms with Gasteiger partial charge in [0, 0.05) is 22.3 Å². The van der Waals surface area contributed by atoms with E-state index in [-0.39, 0.29) is 17.2 Å². The molecule has 1 heterocycles. The van der Waals surface area contributed by atoms with Crippen LogP contribution in [0.1, 0.15) is 36.1 Å². The lowest BCUT2D eigenvalue weighted by atomic mass is 10.2. The van der Waals surface area contributed by atoms with Gasteiger partial charge in [0.1, 0.15) is 5.82 Å². The molecule has 0 saturated carbocycles. The van der Waals surface area contributed by atoms with Gasteiger partial charge >= 0.3 is 0 Å². The molecule has 0 radical (unpaired) electrons. The molecule has 0 spiro atoms. The van der Waals surface area contributed by atoms with Crippen LogP contribution in [0.3, 0.4) is 0 Å². The largest absolute Gasteiger partial charge is 0.342 e. The molecule has 0 aliphatic heterocycles. The Bertz CT molecular complexity index is 1120. The van der Waals surface area contributed by atoms with E-state index in [0.717, 1.165) is 0 Å². The third kappa shape index (κ3) is 5.99. The van der Waals surface area contributed by atoms with E-state index < -0.39 is 17.8 Å². The Morgan fingerprint density at radius 3 is 2.50 bits per heavy atom. The second kappa shape index (κ2) is 10.8. The topological polar surface area (TPSA) is 88.9 Å². The number of thioether (sulfide) groups is 1. The predicted molar refractivity (Wildman–Crippen MR) is 124 cm³/mol. The Kier molecular flexibility index (Phi) is 8.11. The summed E-state index contributed by atoms with van der Waals surface area (Å²) < 4.78 is 15.7. The molecular formula is C21H20Cl2FN5O2S. The molecule has 7 nitrogen and oxygen atoms in total. The van der Waals surface area contributed by atoms with Crippen LogP contribution in [0, 0.1) is 5.82 Å². The summed E-state index contributed by atoms with van der Waals surface area (Å²) in [6.07, 6.45) is 0. The van der Waals surface area contributed by atoms with E-state index in [9.17, 15) is 14.0 Å². The average Bonchev–Trinajstić information content (AvgIpc) is 3.14. The number of hydrogen-bond donors (Lipinski definition) is 2. The number of halogens is 3. The van der Waals surface area contributed by atoms with Crippen LogP contribution in [0.15, 0.2) is 47.6 Å². The highest BCUT2D eigenvalue weighted by atomic mass is 35.5. The van der Waals surface area contributed by atoms with Crippen molar-refractivity contribution >= 4 is 52.5 Å². The van der Waals surface area contributed by atoms with Gasteiger partial charge in [0.25, 0.3) is 5.91 Å². The molecule has 0 aliphatic rings. The molecule has 3 aromatic rings. The first-order valence-corrected chi connectivity index (χ1v) is 11.4. The molecule has 0 fully saturated rings. The highest BCUT2D eigenvalue weighted by molar-refractivity contribution is 7.99. The molecule has 11 heteroatoms. The van der Waals surface area contributed by atoms with Crippen LogP contribution in [0.4, 0.5) is 10.1 Å². The highest BCUT2D eigenvalue weighted by Gasteiger charge is 2.21. The molecule has 2 N–H and O–H groups in total. The van der Waals surface area contributed by atoms with Crippen LogP contribution >= 0.6 is 35.0 Å². The van der Waals surface area contributed by atoms with Crippen LogP contribution in [0.25, 0.3) is 0 Å². The smallest absolute Gasteiger partial charge is 0.254 e. The van der Waals surface area contributed by atoms with E-state index in [0.29, 0.717) is 33.3 Å². The van der Waals surface area contributed by atoms with Crippen molar-refractivity contribution in [1.29, 1.82) is 0 Å². The minimum absolute atomic E-state index is 0.0469. The minimum Gasteiger partial charge on any atom is -0.342 e. The number of hydrogen-bond acceptors (Lipinski definition) is 5. The number of aromatic nitrogens is 3. The molecule has 1 aromatic heterocycles. The summed E-state index contributed by atoms with van der Waals surface area (Å²) in [4.78, 5) is 24.7. The Morgan fingerprint density at radius 2 is 1.84 bits per heavy atom. The van der Waals surface area contributed by atoms with Gasteiger partial charge in [-0.15, -0.1) is 10.2 Å². The van der Waals surface area contributed by atoms with E-state index >= 15 is 0 Å². The fourth-order valence-electron chi connectivity index (χ4n) is 2.96. The molecule has 0 unspecified atom stereocenters. The summed E-state index contributed by atoms with van der Waals surface area (Å²) in [5.74, 6) is -0.825. The van der Waals surface area contributed by atoms with E-state index in [4.69, 9.17) is 23.2 Å². The highest BCUT2D eigenvalue weighted by Crippen LogP contribution is 2.24. The number of carbonyl (C=O) groups is 2. The number of amides is 2. The van der Waals surface area contributed by atoms with Gasteiger partial charge in [-0.25, -0.2) is 4.39 Å². The summed E-state index contributed by atoms with van der Waals surface area (Å²) in [5.41, 5.74) is 0.449. The molecule has 168 valence electrons. The zero-order valence-corrected chi connectivity index (χ0v) is 19.6. The molecule has 2 aromatic carbocycles. The van der Waals surface area contributed by atoms with Crippen LogP contribution < -0.4 is 10.6 Å². The summed E-state index contributed by atoms with van der Waals surface area (Å²) in [5, 5.41) is 15.1. The molecule has 0 aliphatic carbocycles. The van der Waals surface area contributed by atoms with Gasteiger partial charge in [-0.3, -0.25) is 9.59 Å². The SMILES string of the molecule is CCn1c(SCC(=O)Nc2cc(Cl)cc(Cl)c2)nnc1[C@@H](C)NC(=O)c1ccccc1F. The van der Waals surface area contributed by atoms with E-state index in [2.05, 4.69) is 20.8 Å². The second-order valence-electron chi connectivity index (χ2n) is 6.76. The van der Waals surface area contributed by atoms with E-state index in [1.165, 1.54) is 30.0 Å². The van der Waals surface area contributed by atoms with Crippen LogP contribution in [0.5, 0.6) is 0 Å². The summed E-state index contributed by atoms with van der Waals surface area (Å²) >= 11 is 13.1. The maximum Gasteiger partial charge on any atom is 0.254 e. The number of benzene rings is 2. The Labute approximate surface area is 198 Å². The van der Waals surface area contributed by atoms with Gasteiger partial charge < -0.3 is 15.2 Å². The Hall–Kier alpha value is -2.62. The second-order valence-corrected chi connectivity index (χ2v) is 8.57. The lowest BCUT2D eigenvalue weighted by Crippen LogP contribution is -2.29. The van der Waals surface area contributed by atoms with E-state index in [1.54, 1.807) is 35.8 Å². The van der Waals surface area contributed by atoms with Crippen LogP contribution in [0.2, 0.25) is 10.0 Å². The first kappa shape index (κ1) is 24.0. The van der Waals surface area contributed by atoms with Crippen LogP contribution in [-0.4, -0.2) is 32.3 Å². The van der Waals surface area contributed by atoms with Gasteiger partial charge in [0.2, 0.25) is 5.91 Å². The number of nitrogens with zero attached hydrogens (tertiary/aromatic N) is 3. The number of carbonyl (C=O) groups excluding carboxylic acids is 2. The number of nitrogens with one attached hydrogen (secondary N) is 2. The van der Waals surface area contributed by atoms with Gasteiger partial charge in [0.15, 0.2) is 11.0 Å². The lowest BCUT2D eigenvalue weighted by molar-refractivity contribution is -0.113. The quantitative estimate of drug-likeness (QED) is 0.430. The van der Waals surface area contributed by atoms with Gasteiger partial charge in [-0.2, -0.15) is 0 Å². The van der Waals surface area contributed by atoms with Crippen molar-refractivity contribution in [3.05, 3.63) is 69.7 Å². The van der Waals surface area contributed by atoms with Crippen molar-refractivity contribution < 1.29 is 14.0 Å². The first-order chi connectivity index (χ1) is 15.3. The normalized spacial score (nSPS) is 11.8. The summed E-state index contributed by atoms with van der Waals surface area (Å²) in [7, 11) is 0. The van der Waals surface area contributed by atoms with Gasteiger partial charge in [0.05, 0.1) is 17.4 Å². The van der Waals surface area contributed by atoms with Gasteiger partial charge in [-0.1, -0.05) is 47.1 Å². The Balaban J connectivity index is 1.64. The third-order valence-electron chi connectivity index (χ3n) is 4.39. The first-order valence-electron chi connectivity index (χ1n) is 9.65. The van der Waals surface area contributed by atoms with Gasteiger partial charge in [-0.05, 0) is 44.2 Å². The average molecular weight is 496 g/mol. The molecule has 2 amide bonds. The Morgan fingerprint density at radius 1 is 1.16 bits per heavy atom. The third-order valence-corrected chi connectivity index (χ3v) is 5.80. The summed E-state index contributed by atoms with van der Waals surface area (Å²) in [6, 6.07) is 10.0. The van der Waals surface area contributed by atoms with Crippen molar-refractivity contribution in [3.8, 4) is 0 Å². The molecule has 0 saturated heterocycles. The molecule has 1 atom stereocenters. The molecule has 0 bridgehead atoms. The molecule has 3 rings (SSSR count). The van der Waals surface area contributed by atoms with Crippen molar-refractivity contribution in [2.24, 2.45) is 0 Å². The lowest BCUT2D eigenvalue weighted by Gasteiger charge is -2.15. The minimum atomic E-state index is -0.600. The van der Waals surface area contributed by atoms with Crippen molar-refractivity contribution in [2.45, 2.75) is 31.6 Å². The van der Waals surface area contributed by atoms with Crippen molar-refractivity contribution in [1.82, 2.24) is 20.1 Å². The predicted octanol–water partition coefficient (Wildman–Crippen LogP) is 4.97. The van der Waals surface area contributed by atoms with Crippen molar-refractivity contribution in [2.75, 3.05) is 11.1 Å².